The molecule has 1 aliphatic carbocycles. The van der Waals surface area contributed by atoms with Gasteiger partial charge in [0.1, 0.15) is 0 Å². The first kappa shape index (κ1) is 19.0. The van der Waals surface area contributed by atoms with Crippen LogP contribution in [0.4, 0.5) is 13.2 Å². The average molecular weight is 361 g/mol. The highest BCUT2D eigenvalue weighted by Crippen LogP contribution is 2.44. The van der Waals surface area contributed by atoms with Crippen LogP contribution in [-0.4, -0.2) is 13.1 Å². The third-order valence-corrected chi connectivity index (χ3v) is 5.24. The van der Waals surface area contributed by atoms with Crippen molar-refractivity contribution in [2.24, 2.45) is 0 Å². The molecule has 0 spiro atoms. The second kappa shape index (κ2) is 8.26. The third-order valence-electron chi connectivity index (χ3n) is 5.24. The molecule has 0 aromatic heterocycles. The summed E-state index contributed by atoms with van der Waals surface area (Å²) < 4.78 is 40.5. The molecule has 0 saturated heterocycles. The van der Waals surface area contributed by atoms with Crippen molar-refractivity contribution < 1.29 is 13.2 Å². The van der Waals surface area contributed by atoms with E-state index in [0.29, 0.717) is 12.0 Å². The second-order valence-electron chi connectivity index (χ2n) is 7.05. The van der Waals surface area contributed by atoms with Crippen LogP contribution in [0, 0.1) is 0 Å². The number of unbranched alkanes of at least 4 members (excludes halogenated alkanes) is 1. The number of nitrogens with one attached hydrogen (secondary N) is 1. The Hall–Kier alpha value is -1.81. The maximum absolute atomic E-state index is 13.5. The number of fused-ring (bicyclic) bond motifs is 2. The normalized spacial score (nSPS) is 16.2. The fourth-order valence-corrected chi connectivity index (χ4v) is 3.96. The average Bonchev–Trinajstić information content (AvgIpc) is 2.62. The van der Waals surface area contributed by atoms with Gasteiger partial charge in [-0.1, -0.05) is 49.7 Å². The van der Waals surface area contributed by atoms with Gasteiger partial charge >= 0.3 is 6.18 Å². The van der Waals surface area contributed by atoms with Gasteiger partial charge in [0.05, 0.1) is 5.56 Å². The molecule has 0 aliphatic heterocycles. The van der Waals surface area contributed by atoms with Crippen LogP contribution in [0.2, 0.25) is 0 Å². The van der Waals surface area contributed by atoms with E-state index in [-0.39, 0.29) is 5.92 Å². The van der Waals surface area contributed by atoms with Crippen molar-refractivity contribution in [2.75, 3.05) is 13.1 Å². The topological polar surface area (TPSA) is 12.0 Å². The zero-order valence-electron chi connectivity index (χ0n) is 15.2. The van der Waals surface area contributed by atoms with Crippen molar-refractivity contribution in [1.82, 2.24) is 5.32 Å². The molecule has 1 atom stereocenters. The molecule has 2 aromatic carbocycles. The first-order chi connectivity index (χ1) is 12.5. The van der Waals surface area contributed by atoms with E-state index in [4.69, 9.17) is 0 Å². The summed E-state index contributed by atoms with van der Waals surface area (Å²) in [5.74, 6) is 0.0465. The summed E-state index contributed by atoms with van der Waals surface area (Å²) in [4.78, 5) is 0. The van der Waals surface area contributed by atoms with Crippen LogP contribution < -0.4 is 5.32 Å². The standard InChI is InChI=1S/C22H26F3N/c1-2-3-13-26-14-7-11-18-17-9-5-4-8-16(17)15-20-19(18)10-6-12-21(20)22(23,24)25/h4-6,8-10,12,18,26H,2-3,7,11,13-15H2,1H3. The highest BCUT2D eigenvalue weighted by Gasteiger charge is 2.37. The quantitative estimate of drug-likeness (QED) is 0.604. The molecule has 0 fully saturated rings. The Morgan fingerprint density at radius 1 is 0.962 bits per heavy atom. The zero-order chi connectivity index (χ0) is 18.6. The first-order valence-electron chi connectivity index (χ1n) is 9.50. The van der Waals surface area contributed by atoms with Gasteiger partial charge < -0.3 is 5.32 Å². The van der Waals surface area contributed by atoms with Gasteiger partial charge in [-0.2, -0.15) is 13.2 Å². The molecule has 0 amide bonds. The Morgan fingerprint density at radius 2 is 1.69 bits per heavy atom. The number of alkyl halides is 3. The molecule has 4 heteroatoms. The minimum Gasteiger partial charge on any atom is -0.317 e. The van der Waals surface area contributed by atoms with Gasteiger partial charge in [-0.25, -0.2) is 0 Å². The van der Waals surface area contributed by atoms with E-state index in [1.807, 2.05) is 24.3 Å². The van der Waals surface area contributed by atoms with Gasteiger partial charge in [-0.3, -0.25) is 0 Å². The van der Waals surface area contributed by atoms with E-state index < -0.39 is 11.7 Å². The van der Waals surface area contributed by atoms with E-state index in [2.05, 4.69) is 18.3 Å². The largest absolute Gasteiger partial charge is 0.416 e. The lowest BCUT2D eigenvalue weighted by atomic mass is 9.74. The van der Waals surface area contributed by atoms with Crippen LogP contribution in [0.15, 0.2) is 42.5 Å². The van der Waals surface area contributed by atoms with E-state index in [0.717, 1.165) is 49.9 Å². The van der Waals surface area contributed by atoms with E-state index in [1.165, 1.54) is 11.6 Å². The van der Waals surface area contributed by atoms with Crippen LogP contribution in [0.5, 0.6) is 0 Å². The number of hydrogen-bond acceptors (Lipinski definition) is 1. The Bertz CT molecular complexity index is 736. The highest BCUT2D eigenvalue weighted by atomic mass is 19.4. The van der Waals surface area contributed by atoms with Crippen molar-refractivity contribution in [3.05, 3.63) is 70.3 Å². The van der Waals surface area contributed by atoms with Gasteiger partial charge in [0.2, 0.25) is 0 Å². The molecule has 0 saturated carbocycles. The Morgan fingerprint density at radius 3 is 2.46 bits per heavy atom. The van der Waals surface area contributed by atoms with Crippen LogP contribution in [0.1, 0.15) is 66.3 Å². The second-order valence-corrected chi connectivity index (χ2v) is 7.05. The van der Waals surface area contributed by atoms with Crippen LogP contribution >= 0.6 is 0 Å². The minimum absolute atomic E-state index is 0.0465. The van der Waals surface area contributed by atoms with Crippen LogP contribution in [0.3, 0.4) is 0 Å². The monoisotopic (exact) mass is 361 g/mol. The van der Waals surface area contributed by atoms with Gasteiger partial charge in [0.25, 0.3) is 0 Å². The molecule has 1 unspecified atom stereocenters. The van der Waals surface area contributed by atoms with Crippen molar-refractivity contribution in [1.29, 1.82) is 0 Å². The molecule has 0 radical (unpaired) electrons. The lowest BCUT2D eigenvalue weighted by Crippen LogP contribution is -2.21. The molecule has 2 aromatic rings. The van der Waals surface area contributed by atoms with Gasteiger partial charge in [0.15, 0.2) is 0 Å². The lowest BCUT2D eigenvalue weighted by Gasteiger charge is -2.30. The predicted octanol–water partition coefficient (Wildman–Crippen LogP) is 5.91. The Labute approximate surface area is 153 Å². The Kier molecular flexibility index (Phi) is 6.02. The van der Waals surface area contributed by atoms with Gasteiger partial charge in [-0.15, -0.1) is 0 Å². The smallest absolute Gasteiger partial charge is 0.317 e. The lowest BCUT2D eigenvalue weighted by molar-refractivity contribution is -0.138. The van der Waals surface area contributed by atoms with E-state index >= 15 is 0 Å². The van der Waals surface area contributed by atoms with Crippen molar-refractivity contribution in [3.63, 3.8) is 0 Å². The Balaban J connectivity index is 1.85. The van der Waals surface area contributed by atoms with Crippen LogP contribution in [-0.2, 0) is 12.6 Å². The van der Waals surface area contributed by atoms with Gasteiger partial charge in [-0.05, 0) is 67.1 Å². The number of halogens is 3. The summed E-state index contributed by atoms with van der Waals surface area (Å²) in [6, 6.07) is 12.6. The summed E-state index contributed by atoms with van der Waals surface area (Å²) in [5.41, 5.74) is 3.05. The molecular weight excluding hydrogens is 335 g/mol. The molecular formula is C22H26F3N. The van der Waals surface area contributed by atoms with Crippen molar-refractivity contribution >= 4 is 0 Å². The molecule has 1 nitrogen and oxygen atoms in total. The molecule has 0 bridgehead atoms. The maximum Gasteiger partial charge on any atom is 0.416 e. The van der Waals surface area contributed by atoms with Crippen molar-refractivity contribution in [2.45, 2.75) is 51.1 Å². The van der Waals surface area contributed by atoms with Gasteiger partial charge in [0, 0.05) is 5.92 Å². The third kappa shape index (κ3) is 4.12. The minimum atomic E-state index is -4.30. The summed E-state index contributed by atoms with van der Waals surface area (Å²) in [6.45, 7) is 4.08. The first-order valence-corrected chi connectivity index (χ1v) is 9.50. The number of hydrogen-bond donors (Lipinski definition) is 1. The summed E-state index contributed by atoms with van der Waals surface area (Å²) in [7, 11) is 0. The highest BCUT2D eigenvalue weighted by molar-refractivity contribution is 5.52. The molecule has 0 heterocycles. The summed E-state index contributed by atoms with van der Waals surface area (Å²) in [5, 5.41) is 3.43. The molecule has 3 rings (SSSR count). The molecule has 1 N–H and O–H groups in total. The molecule has 140 valence electrons. The fourth-order valence-electron chi connectivity index (χ4n) is 3.96. The zero-order valence-corrected chi connectivity index (χ0v) is 15.2. The summed E-state index contributed by atoms with van der Waals surface area (Å²) in [6.07, 6.45) is 0.208. The molecule has 26 heavy (non-hydrogen) atoms. The summed E-state index contributed by atoms with van der Waals surface area (Å²) >= 11 is 0. The van der Waals surface area contributed by atoms with Crippen molar-refractivity contribution in [3.8, 4) is 0 Å². The van der Waals surface area contributed by atoms with E-state index in [9.17, 15) is 13.2 Å². The SMILES string of the molecule is CCCCNCCCC1c2ccccc2Cc2c1cccc2C(F)(F)F. The van der Waals surface area contributed by atoms with Crippen LogP contribution in [0.25, 0.3) is 0 Å². The fraction of sp³-hybridized carbons (Fsp3) is 0.455. The maximum atomic E-state index is 13.5. The number of rotatable bonds is 7. The number of benzene rings is 2. The molecule has 1 aliphatic rings. The van der Waals surface area contributed by atoms with E-state index in [1.54, 1.807) is 6.07 Å². The predicted molar refractivity (Wildman–Crippen MR) is 99.5 cm³/mol.